The van der Waals surface area contributed by atoms with Crippen LogP contribution in [0.2, 0.25) is 0 Å². The van der Waals surface area contributed by atoms with Crippen molar-refractivity contribution < 1.29 is 4.74 Å². The summed E-state index contributed by atoms with van der Waals surface area (Å²) < 4.78 is 5.35. The second kappa shape index (κ2) is 5.33. The van der Waals surface area contributed by atoms with Crippen LogP contribution in [0.4, 0.5) is 0 Å². The van der Waals surface area contributed by atoms with Gasteiger partial charge in [0.1, 0.15) is 0 Å². The number of aryl methyl sites for hydroxylation is 1. The van der Waals surface area contributed by atoms with E-state index in [1.165, 1.54) is 28.3 Å². The van der Waals surface area contributed by atoms with Crippen molar-refractivity contribution in [1.82, 2.24) is 0 Å². The third-order valence-corrected chi connectivity index (χ3v) is 3.29. The minimum absolute atomic E-state index is 0.162. The molecule has 0 spiro atoms. The summed E-state index contributed by atoms with van der Waals surface area (Å²) in [6.45, 7) is 4.29. The Morgan fingerprint density at radius 3 is 2.47 bits per heavy atom. The lowest BCUT2D eigenvalue weighted by Crippen LogP contribution is -1.95. The number of hydrogen-bond donors (Lipinski definition) is 0. The van der Waals surface area contributed by atoms with Crippen molar-refractivity contribution in [1.29, 1.82) is 0 Å². The van der Waals surface area contributed by atoms with Crippen LogP contribution in [-0.4, -0.2) is 7.11 Å². The Kier molecular flexibility index (Phi) is 3.80. The average Bonchev–Trinajstić information content (AvgIpc) is 2.37. The monoisotopic (exact) mass is 228 g/mol. The number of benzene rings is 2. The number of hydrogen-bond acceptors (Lipinski definition) is 1. The lowest BCUT2D eigenvalue weighted by atomic mass is 10.0. The molecule has 0 aliphatic rings. The van der Waals surface area contributed by atoms with Crippen molar-refractivity contribution in [2.24, 2.45) is 0 Å². The van der Waals surface area contributed by atoms with Crippen LogP contribution < -0.4 is 0 Å². The molecular weight excluding hydrogens is 208 g/mol. The summed E-state index contributed by atoms with van der Waals surface area (Å²) in [5, 5.41) is 2.62. The Morgan fingerprint density at radius 1 is 1.06 bits per heavy atom. The fourth-order valence-corrected chi connectivity index (χ4v) is 2.15. The second-order valence-corrected chi connectivity index (χ2v) is 4.57. The molecule has 0 radical (unpaired) electrons. The van der Waals surface area contributed by atoms with Gasteiger partial charge in [-0.25, -0.2) is 0 Å². The molecule has 0 saturated carbocycles. The van der Waals surface area contributed by atoms with Crippen LogP contribution >= 0.6 is 0 Å². The summed E-state index contributed by atoms with van der Waals surface area (Å²) in [7, 11) is 1.75. The average molecular weight is 228 g/mol. The maximum atomic E-state index is 5.35. The fourth-order valence-electron chi connectivity index (χ4n) is 2.15. The van der Waals surface area contributed by atoms with Crippen LogP contribution in [0.15, 0.2) is 36.4 Å². The van der Waals surface area contributed by atoms with E-state index < -0.39 is 0 Å². The first-order valence-corrected chi connectivity index (χ1v) is 6.30. The van der Waals surface area contributed by atoms with Crippen molar-refractivity contribution in [2.75, 3.05) is 7.11 Å². The molecule has 1 nitrogen and oxygen atoms in total. The first-order chi connectivity index (χ1) is 8.24. The summed E-state index contributed by atoms with van der Waals surface area (Å²) in [4.78, 5) is 0. The third-order valence-electron chi connectivity index (χ3n) is 3.29. The van der Waals surface area contributed by atoms with Crippen LogP contribution in [-0.2, 0) is 11.2 Å². The first-order valence-electron chi connectivity index (χ1n) is 6.30. The van der Waals surface area contributed by atoms with Crippen molar-refractivity contribution in [3.8, 4) is 0 Å². The van der Waals surface area contributed by atoms with Gasteiger partial charge >= 0.3 is 0 Å². The molecule has 1 atom stereocenters. The molecule has 2 aromatic rings. The molecule has 0 fully saturated rings. The first kappa shape index (κ1) is 12.1. The Balaban J connectivity index is 2.39. The molecule has 90 valence electrons. The van der Waals surface area contributed by atoms with Gasteiger partial charge in [0.2, 0.25) is 0 Å². The lowest BCUT2D eigenvalue weighted by molar-refractivity contribution is 0.119. The van der Waals surface area contributed by atoms with Crippen molar-refractivity contribution >= 4 is 10.8 Å². The second-order valence-electron chi connectivity index (χ2n) is 4.57. The van der Waals surface area contributed by atoms with Crippen LogP contribution in [0, 0.1) is 0 Å². The van der Waals surface area contributed by atoms with Gasteiger partial charge < -0.3 is 4.74 Å². The van der Waals surface area contributed by atoms with E-state index in [2.05, 4.69) is 50.2 Å². The molecule has 0 amide bonds. The predicted octanol–water partition coefficient (Wildman–Crippen LogP) is 4.50. The van der Waals surface area contributed by atoms with Crippen LogP contribution in [0.5, 0.6) is 0 Å². The largest absolute Gasteiger partial charge is 0.377 e. The van der Waals surface area contributed by atoms with E-state index in [1.54, 1.807) is 7.11 Å². The molecule has 1 unspecified atom stereocenters. The Hall–Kier alpha value is -1.34. The molecule has 17 heavy (non-hydrogen) atoms. The van der Waals surface area contributed by atoms with Gasteiger partial charge in [-0.05, 0) is 41.3 Å². The zero-order valence-corrected chi connectivity index (χ0v) is 10.9. The summed E-state index contributed by atoms with van der Waals surface area (Å²) in [6, 6.07) is 13.3. The van der Waals surface area contributed by atoms with E-state index >= 15 is 0 Å². The van der Waals surface area contributed by atoms with Crippen molar-refractivity contribution in [2.45, 2.75) is 32.8 Å². The highest BCUT2D eigenvalue weighted by Crippen LogP contribution is 2.23. The maximum Gasteiger partial charge on any atom is 0.0793 e. The maximum absolute atomic E-state index is 5.35. The lowest BCUT2D eigenvalue weighted by Gasteiger charge is -2.11. The SMILES string of the molecule is CCCc1ccc2cc(C(C)OC)ccc2c1. The third kappa shape index (κ3) is 2.67. The topological polar surface area (TPSA) is 9.23 Å². The van der Waals surface area contributed by atoms with Crippen molar-refractivity contribution in [3.05, 3.63) is 47.5 Å². The summed E-state index contributed by atoms with van der Waals surface area (Å²) in [6.07, 6.45) is 2.52. The molecule has 0 N–H and O–H groups in total. The van der Waals surface area contributed by atoms with E-state index in [4.69, 9.17) is 4.74 Å². The molecule has 0 aliphatic carbocycles. The molecule has 2 rings (SSSR count). The molecule has 0 aliphatic heterocycles. The highest BCUT2D eigenvalue weighted by Gasteiger charge is 2.04. The van der Waals surface area contributed by atoms with Crippen LogP contribution in [0.3, 0.4) is 0 Å². The van der Waals surface area contributed by atoms with Crippen LogP contribution in [0.1, 0.15) is 37.5 Å². The number of methoxy groups -OCH3 is 1. The molecule has 0 aromatic heterocycles. The quantitative estimate of drug-likeness (QED) is 0.748. The summed E-state index contributed by atoms with van der Waals surface area (Å²) in [5.74, 6) is 0. The molecular formula is C16H20O. The van der Waals surface area contributed by atoms with E-state index in [1.807, 2.05) is 0 Å². The van der Waals surface area contributed by atoms with Gasteiger partial charge in [-0.2, -0.15) is 0 Å². The number of ether oxygens (including phenoxy) is 1. The molecule has 2 aromatic carbocycles. The van der Waals surface area contributed by atoms with Gasteiger partial charge in [0, 0.05) is 7.11 Å². The van der Waals surface area contributed by atoms with E-state index in [9.17, 15) is 0 Å². The smallest absolute Gasteiger partial charge is 0.0793 e. The minimum Gasteiger partial charge on any atom is -0.377 e. The molecule has 1 heteroatoms. The van der Waals surface area contributed by atoms with E-state index in [0.29, 0.717) is 0 Å². The summed E-state index contributed by atoms with van der Waals surface area (Å²) >= 11 is 0. The van der Waals surface area contributed by atoms with Gasteiger partial charge in [0.15, 0.2) is 0 Å². The van der Waals surface area contributed by atoms with Gasteiger partial charge in [-0.1, -0.05) is 43.7 Å². The fraction of sp³-hybridized carbons (Fsp3) is 0.375. The number of fused-ring (bicyclic) bond motifs is 1. The van der Waals surface area contributed by atoms with Gasteiger partial charge in [-0.3, -0.25) is 0 Å². The zero-order chi connectivity index (χ0) is 12.3. The highest BCUT2D eigenvalue weighted by atomic mass is 16.5. The van der Waals surface area contributed by atoms with Gasteiger partial charge in [-0.15, -0.1) is 0 Å². The van der Waals surface area contributed by atoms with E-state index in [-0.39, 0.29) is 6.10 Å². The Labute approximate surface area is 103 Å². The van der Waals surface area contributed by atoms with Crippen molar-refractivity contribution in [3.63, 3.8) is 0 Å². The molecule has 0 bridgehead atoms. The highest BCUT2D eigenvalue weighted by molar-refractivity contribution is 5.83. The molecule has 0 saturated heterocycles. The Morgan fingerprint density at radius 2 is 1.76 bits per heavy atom. The van der Waals surface area contributed by atoms with Gasteiger partial charge in [0.05, 0.1) is 6.10 Å². The van der Waals surface area contributed by atoms with Crippen LogP contribution in [0.25, 0.3) is 10.8 Å². The zero-order valence-electron chi connectivity index (χ0n) is 10.9. The summed E-state index contributed by atoms with van der Waals surface area (Å²) in [5.41, 5.74) is 2.66. The van der Waals surface area contributed by atoms with E-state index in [0.717, 1.165) is 6.42 Å². The Bertz CT molecular complexity index is 502. The standard InChI is InChI=1S/C16H20O/c1-4-5-13-6-7-16-11-14(12(2)17-3)8-9-15(16)10-13/h6-12H,4-5H2,1-3H3. The predicted molar refractivity (Wildman–Crippen MR) is 73.4 cm³/mol. The minimum atomic E-state index is 0.162. The number of rotatable bonds is 4. The normalized spacial score (nSPS) is 12.9. The van der Waals surface area contributed by atoms with Gasteiger partial charge in [0.25, 0.3) is 0 Å². The molecule has 0 heterocycles.